The van der Waals surface area contributed by atoms with Crippen LogP contribution in [0.4, 0.5) is 5.95 Å². The molecule has 1 aromatic heterocycles. The van der Waals surface area contributed by atoms with Crippen molar-refractivity contribution >= 4 is 11.9 Å². The van der Waals surface area contributed by atoms with Gasteiger partial charge in [0.1, 0.15) is 5.75 Å². The number of carboxylic acids is 1. The lowest BCUT2D eigenvalue weighted by Crippen LogP contribution is -2.06. The number of hydrogen-bond donors (Lipinski definition) is 2. The summed E-state index contributed by atoms with van der Waals surface area (Å²) in [4.78, 5) is 18.7. The van der Waals surface area contributed by atoms with E-state index in [4.69, 9.17) is 15.6 Å². The van der Waals surface area contributed by atoms with E-state index < -0.39 is 5.97 Å². The molecule has 0 unspecified atom stereocenters. The van der Waals surface area contributed by atoms with E-state index in [1.165, 1.54) is 6.07 Å². The first kappa shape index (κ1) is 12.8. The Bertz CT molecular complexity index is 614. The molecule has 0 spiro atoms. The minimum absolute atomic E-state index is 0.0822. The average molecular weight is 259 g/mol. The summed E-state index contributed by atoms with van der Waals surface area (Å²) in [7, 11) is 0. The third-order valence-electron chi connectivity index (χ3n) is 2.43. The van der Waals surface area contributed by atoms with E-state index in [1.807, 2.05) is 19.1 Å². The second-order valence-electron chi connectivity index (χ2n) is 3.73. The number of aromatic carboxylic acids is 1. The van der Waals surface area contributed by atoms with E-state index in [0.717, 1.165) is 0 Å². The second-order valence-corrected chi connectivity index (χ2v) is 3.73. The maximum atomic E-state index is 11.0. The van der Waals surface area contributed by atoms with Gasteiger partial charge in [-0.1, -0.05) is 12.1 Å². The van der Waals surface area contributed by atoms with Crippen LogP contribution in [0.1, 0.15) is 17.4 Å². The van der Waals surface area contributed by atoms with Crippen LogP contribution in [0.5, 0.6) is 5.75 Å². The molecule has 98 valence electrons. The summed E-state index contributed by atoms with van der Waals surface area (Å²) < 4.78 is 5.48. The van der Waals surface area contributed by atoms with Crippen LogP contribution >= 0.6 is 0 Å². The molecule has 19 heavy (non-hydrogen) atoms. The smallest absolute Gasteiger partial charge is 0.354 e. The molecule has 0 aliphatic carbocycles. The van der Waals surface area contributed by atoms with E-state index in [2.05, 4.69) is 9.97 Å². The number of aromatic nitrogens is 2. The van der Waals surface area contributed by atoms with Gasteiger partial charge in [0.25, 0.3) is 0 Å². The van der Waals surface area contributed by atoms with Gasteiger partial charge in [-0.25, -0.2) is 14.8 Å². The van der Waals surface area contributed by atoms with Crippen molar-refractivity contribution in [2.75, 3.05) is 12.3 Å². The predicted molar refractivity (Wildman–Crippen MR) is 70.0 cm³/mol. The standard InChI is InChI=1S/C13H13N3O3/c1-2-19-11-6-4-3-5-8(11)9-7-10(12(17)18)16-13(14)15-9/h3-7H,2H2,1H3,(H,17,18)(H2,14,15,16). The SMILES string of the molecule is CCOc1ccccc1-c1cc(C(=O)O)nc(N)n1. The van der Waals surface area contributed by atoms with Crippen LogP contribution in [-0.4, -0.2) is 27.7 Å². The quantitative estimate of drug-likeness (QED) is 0.869. The van der Waals surface area contributed by atoms with Crippen LogP contribution in [-0.2, 0) is 0 Å². The zero-order chi connectivity index (χ0) is 13.8. The largest absolute Gasteiger partial charge is 0.493 e. The Kier molecular flexibility index (Phi) is 3.61. The van der Waals surface area contributed by atoms with Crippen LogP contribution in [0.3, 0.4) is 0 Å². The number of carbonyl (C=O) groups is 1. The molecule has 0 amide bonds. The second kappa shape index (κ2) is 5.34. The van der Waals surface area contributed by atoms with Crippen LogP contribution in [0.25, 0.3) is 11.3 Å². The fourth-order valence-corrected chi connectivity index (χ4v) is 1.67. The van der Waals surface area contributed by atoms with Gasteiger partial charge >= 0.3 is 5.97 Å². The first-order chi connectivity index (χ1) is 9.11. The van der Waals surface area contributed by atoms with Crippen molar-refractivity contribution in [1.82, 2.24) is 9.97 Å². The minimum Gasteiger partial charge on any atom is -0.493 e. The molecule has 3 N–H and O–H groups in total. The lowest BCUT2D eigenvalue weighted by molar-refractivity contribution is 0.0690. The van der Waals surface area contributed by atoms with E-state index in [0.29, 0.717) is 23.6 Å². The van der Waals surface area contributed by atoms with Crippen molar-refractivity contribution in [2.45, 2.75) is 6.92 Å². The summed E-state index contributed by atoms with van der Waals surface area (Å²) in [6, 6.07) is 8.60. The third kappa shape index (κ3) is 2.79. The summed E-state index contributed by atoms with van der Waals surface area (Å²) in [5, 5.41) is 8.98. The van der Waals surface area contributed by atoms with Gasteiger partial charge in [-0.2, -0.15) is 0 Å². The van der Waals surface area contributed by atoms with E-state index in [-0.39, 0.29) is 11.6 Å². The van der Waals surface area contributed by atoms with E-state index >= 15 is 0 Å². The highest BCUT2D eigenvalue weighted by Gasteiger charge is 2.13. The number of anilines is 1. The molecule has 0 atom stereocenters. The molecule has 0 aliphatic heterocycles. The van der Waals surface area contributed by atoms with Crippen molar-refractivity contribution in [1.29, 1.82) is 0 Å². The number of carboxylic acid groups (broad SMARTS) is 1. The Morgan fingerprint density at radius 3 is 2.79 bits per heavy atom. The summed E-state index contributed by atoms with van der Waals surface area (Å²) in [5.74, 6) is -0.607. The molecule has 0 fully saturated rings. The number of ether oxygens (including phenoxy) is 1. The number of rotatable bonds is 4. The topological polar surface area (TPSA) is 98.3 Å². The fourth-order valence-electron chi connectivity index (χ4n) is 1.67. The average Bonchev–Trinajstić information content (AvgIpc) is 2.39. The van der Waals surface area contributed by atoms with Crippen molar-refractivity contribution in [3.8, 4) is 17.0 Å². The predicted octanol–water partition coefficient (Wildman–Crippen LogP) is 1.82. The van der Waals surface area contributed by atoms with Crippen LogP contribution in [0.2, 0.25) is 0 Å². The molecule has 0 aliphatic rings. The maximum Gasteiger partial charge on any atom is 0.354 e. The highest BCUT2D eigenvalue weighted by atomic mass is 16.5. The van der Waals surface area contributed by atoms with Gasteiger partial charge in [0.15, 0.2) is 5.69 Å². The van der Waals surface area contributed by atoms with Gasteiger partial charge in [0.05, 0.1) is 12.3 Å². The Morgan fingerprint density at radius 2 is 2.11 bits per heavy atom. The van der Waals surface area contributed by atoms with Gasteiger partial charge < -0.3 is 15.6 Å². The molecule has 2 aromatic rings. The van der Waals surface area contributed by atoms with Gasteiger partial charge in [-0.3, -0.25) is 0 Å². The normalized spacial score (nSPS) is 10.2. The Labute approximate surface area is 109 Å². The Morgan fingerprint density at radius 1 is 1.37 bits per heavy atom. The molecule has 6 heteroatoms. The van der Waals surface area contributed by atoms with Crippen molar-refractivity contribution in [2.24, 2.45) is 0 Å². The molecule has 1 heterocycles. The summed E-state index contributed by atoms with van der Waals surface area (Å²) in [5.41, 5.74) is 6.49. The van der Waals surface area contributed by atoms with Gasteiger partial charge in [0, 0.05) is 5.56 Å². The number of nitrogen functional groups attached to an aromatic ring is 1. The van der Waals surface area contributed by atoms with Gasteiger partial charge in [-0.15, -0.1) is 0 Å². The monoisotopic (exact) mass is 259 g/mol. The summed E-state index contributed by atoms with van der Waals surface area (Å²) >= 11 is 0. The number of hydrogen-bond acceptors (Lipinski definition) is 5. The van der Waals surface area contributed by atoms with E-state index in [1.54, 1.807) is 12.1 Å². The van der Waals surface area contributed by atoms with Crippen molar-refractivity contribution < 1.29 is 14.6 Å². The Hall–Kier alpha value is -2.63. The van der Waals surface area contributed by atoms with Crippen LogP contribution in [0, 0.1) is 0 Å². The summed E-state index contributed by atoms with van der Waals surface area (Å²) in [6.45, 7) is 2.37. The molecule has 1 aromatic carbocycles. The minimum atomic E-state index is -1.15. The zero-order valence-corrected chi connectivity index (χ0v) is 10.3. The summed E-state index contributed by atoms with van der Waals surface area (Å²) in [6.07, 6.45) is 0. The first-order valence-corrected chi connectivity index (χ1v) is 5.72. The Balaban J connectivity index is 2.55. The van der Waals surface area contributed by atoms with Gasteiger partial charge in [0.2, 0.25) is 5.95 Å². The highest BCUT2D eigenvalue weighted by Crippen LogP contribution is 2.29. The van der Waals surface area contributed by atoms with Crippen molar-refractivity contribution in [3.63, 3.8) is 0 Å². The lowest BCUT2D eigenvalue weighted by atomic mass is 10.1. The highest BCUT2D eigenvalue weighted by molar-refractivity contribution is 5.87. The molecular weight excluding hydrogens is 246 g/mol. The van der Waals surface area contributed by atoms with Crippen molar-refractivity contribution in [3.05, 3.63) is 36.0 Å². The molecule has 0 radical (unpaired) electrons. The fraction of sp³-hybridized carbons (Fsp3) is 0.154. The third-order valence-corrected chi connectivity index (χ3v) is 2.43. The molecule has 0 bridgehead atoms. The molecule has 6 nitrogen and oxygen atoms in total. The first-order valence-electron chi connectivity index (χ1n) is 5.72. The van der Waals surface area contributed by atoms with Gasteiger partial charge in [-0.05, 0) is 25.1 Å². The zero-order valence-electron chi connectivity index (χ0n) is 10.3. The van der Waals surface area contributed by atoms with Crippen LogP contribution in [0.15, 0.2) is 30.3 Å². The molecule has 2 rings (SSSR count). The number of nitrogens with two attached hydrogens (primary N) is 1. The maximum absolute atomic E-state index is 11.0. The van der Waals surface area contributed by atoms with E-state index in [9.17, 15) is 4.79 Å². The number of nitrogens with zero attached hydrogens (tertiary/aromatic N) is 2. The molecule has 0 saturated carbocycles. The number of para-hydroxylation sites is 1. The molecular formula is C13H13N3O3. The van der Waals surface area contributed by atoms with Crippen LogP contribution < -0.4 is 10.5 Å². The lowest BCUT2D eigenvalue weighted by Gasteiger charge is -2.10. The number of benzene rings is 1. The molecule has 0 saturated heterocycles.